The number of nitrogens with two attached hydrogens (primary N) is 1. The van der Waals surface area contributed by atoms with Gasteiger partial charge in [-0.25, -0.2) is 9.82 Å². The highest BCUT2D eigenvalue weighted by atomic mass is 35.5. The van der Waals surface area contributed by atoms with Crippen molar-refractivity contribution in [2.24, 2.45) is 5.84 Å². The summed E-state index contributed by atoms with van der Waals surface area (Å²) in [6.07, 6.45) is 1.55. The SMILES string of the molecule is Cc1ccc(F)c(C(NN)c2c(Cl)cnn2C(C)C)c1. The van der Waals surface area contributed by atoms with Crippen molar-refractivity contribution in [2.75, 3.05) is 0 Å². The predicted octanol–water partition coefficient (Wildman–Crippen LogP) is 3.12. The van der Waals surface area contributed by atoms with E-state index in [1.807, 2.05) is 20.8 Å². The van der Waals surface area contributed by atoms with E-state index in [1.54, 1.807) is 23.0 Å². The summed E-state index contributed by atoms with van der Waals surface area (Å²) in [5.74, 6) is 5.31. The quantitative estimate of drug-likeness (QED) is 0.673. The number of hydrogen-bond acceptors (Lipinski definition) is 3. The highest BCUT2D eigenvalue weighted by molar-refractivity contribution is 6.31. The Labute approximate surface area is 122 Å². The van der Waals surface area contributed by atoms with Gasteiger partial charge in [0, 0.05) is 11.6 Å². The molecule has 1 heterocycles. The van der Waals surface area contributed by atoms with Crippen LogP contribution in [0.5, 0.6) is 0 Å². The van der Waals surface area contributed by atoms with Crippen LogP contribution in [-0.4, -0.2) is 9.78 Å². The molecule has 2 aromatic rings. The second-order valence-corrected chi connectivity index (χ2v) is 5.45. The molecule has 0 amide bonds. The molecule has 0 fully saturated rings. The zero-order valence-electron chi connectivity index (χ0n) is 11.7. The molecule has 6 heteroatoms. The Balaban J connectivity index is 2.58. The highest BCUT2D eigenvalue weighted by Gasteiger charge is 2.24. The number of aryl methyl sites for hydroxylation is 1. The van der Waals surface area contributed by atoms with E-state index >= 15 is 0 Å². The minimum Gasteiger partial charge on any atom is -0.271 e. The van der Waals surface area contributed by atoms with Gasteiger partial charge >= 0.3 is 0 Å². The van der Waals surface area contributed by atoms with E-state index in [-0.39, 0.29) is 11.9 Å². The average Bonchev–Trinajstić information content (AvgIpc) is 2.77. The molecule has 0 aliphatic carbocycles. The van der Waals surface area contributed by atoms with Crippen LogP contribution in [-0.2, 0) is 0 Å². The summed E-state index contributed by atoms with van der Waals surface area (Å²) in [6, 6.07) is 4.45. The smallest absolute Gasteiger partial charge is 0.128 e. The van der Waals surface area contributed by atoms with Crippen LogP contribution in [0.4, 0.5) is 4.39 Å². The molecule has 3 N–H and O–H groups in total. The van der Waals surface area contributed by atoms with Gasteiger partial charge in [0.25, 0.3) is 0 Å². The summed E-state index contributed by atoms with van der Waals surface area (Å²) in [6.45, 7) is 5.86. The van der Waals surface area contributed by atoms with E-state index in [0.717, 1.165) is 5.56 Å². The molecule has 0 aliphatic heterocycles. The first kappa shape index (κ1) is 15.0. The normalized spacial score (nSPS) is 12.9. The lowest BCUT2D eigenvalue weighted by atomic mass is 10.0. The first-order chi connectivity index (χ1) is 9.45. The van der Waals surface area contributed by atoms with Crippen molar-refractivity contribution >= 4 is 11.6 Å². The van der Waals surface area contributed by atoms with Gasteiger partial charge in [-0.3, -0.25) is 10.5 Å². The van der Waals surface area contributed by atoms with Crippen LogP contribution in [0.1, 0.15) is 42.8 Å². The minimum absolute atomic E-state index is 0.0984. The maximum absolute atomic E-state index is 14.1. The van der Waals surface area contributed by atoms with E-state index in [2.05, 4.69) is 10.5 Å². The van der Waals surface area contributed by atoms with Crippen molar-refractivity contribution in [3.05, 3.63) is 52.1 Å². The molecule has 1 aromatic heterocycles. The third kappa shape index (κ3) is 2.70. The summed E-state index contributed by atoms with van der Waals surface area (Å²) in [4.78, 5) is 0. The van der Waals surface area contributed by atoms with E-state index in [0.29, 0.717) is 16.3 Å². The van der Waals surface area contributed by atoms with Gasteiger partial charge in [0.1, 0.15) is 5.82 Å². The highest BCUT2D eigenvalue weighted by Crippen LogP contribution is 2.31. The molecule has 4 nitrogen and oxygen atoms in total. The summed E-state index contributed by atoms with van der Waals surface area (Å²) in [5, 5.41) is 4.69. The Morgan fingerprint density at radius 3 is 2.70 bits per heavy atom. The molecule has 0 bridgehead atoms. The van der Waals surface area contributed by atoms with Crippen molar-refractivity contribution in [2.45, 2.75) is 32.9 Å². The van der Waals surface area contributed by atoms with Gasteiger partial charge in [0.05, 0.1) is 23.0 Å². The third-order valence-electron chi connectivity index (χ3n) is 3.18. The molecule has 108 valence electrons. The second kappa shape index (κ2) is 5.91. The second-order valence-electron chi connectivity index (χ2n) is 5.04. The lowest BCUT2D eigenvalue weighted by Crippen LogP contribution is -2.32. The Kier molecular flexibility index (Phi) is 4.42. The Morgan fingerprint density at radius 1 is 1.40 bits per heavy atom. The third-order valence-corrected chi connectivity index (χ3v) is 3.47. The summed E-state index contributed by atoms with van der Waals surface area (Å²) < 4.78 is 15.8. The molecule has 0 saturated heterocycles. The van der Waals surface area contributed by atoms with Crippen LogP contribution >= 0.6 is 11.6 Å². The van der Waals surface area contributed by atoms with Gasteiger partial charge in [-0.05, 0) is 26.8 Å². The first-order valence-corrected chi connectivity index (χ1v) is 6.78. The maximum Gasteiger partial charge on any atom is 0.128 e. The topological polar surface area (TPSA) is 55.9 Å². The van der Waals surface area contributed by atoms with Gasteiger partial charge in [-0.2, -0.15) is 5.10 Å². The minimum atomic E-state index is -0.549. The Bertz CT molecular complexity index is 609. The first-order valence-electron chi connectivity index (χ1n) is 6.40. The number of nitrogens with zero attached hydrogens (tertiary/aromatic N) is 2. The van der Waals surface area contributed by atoms with Crippen LogP contribution in [0, 0.1) is 12.7 Å². The molecule has 1 atom stereocenters. The molecule has 0 spiro atoms. The molecular formula is C14H18ClFN4. The number of benzene rings is 1. The van der Waals surface area contributed by atoms with Crippen molar-refractivity contribution in [1.82, 2.24) is 15.2 Å². The number of aromatic nitrogens is 2. The predicted molar refractivity (Wildman–Crippen MR) is 77.9 cm³/mol. The molecule has 1 unspecified atom stereocenters. The number of nitrogens with one attached hydrogen (secondary N) is 1. The number of halogens is 2. The molecule has 0 aliphatic rings. The van der Waals surface area contributed by atoms with E-state index in [1.165, 1.54) is 6.07 Å². The number of rotatable bonds is 4. The Hall–Kier alpha value is -1.43. The van der Waals surface area contributed by atoms with Crippen molar-refractivity contribution in [3.63, 3.8) is 0 Å². The summed E-state index contributed by atoms with van der Waals surface area (Å²) in [5.41, 5.74) is 4.71. The molecule has 20 heavy (non-hydrogen) atoms. The van der Waals surface area contributed by atoms with Crippen LogP contribution in [0.2, 0.25) is 5.02 Å². The van der Waals surface area contributed by atoms with Gasteiger partial charge < -0.3 is 0 Å². The monoisotopic (exact) mass is 296 g/mol. The molecule has 0 saturated carbocycles. The summed E-state index contributed by atoms with van der Waals surface area (Å²) in [7, 11) is 0. The van der Waals surface area contributed by atoms with E-state index in [4.69, 9.17) is 17.4 Å². The van der Waals surface area contributed by atoms with Crippen LogP contribution in [0.15, 0.2) is 24.4 Å². The summed E-state index contributed by atoms with van der Waals surface area (Å²) >= 11 is 6.20. The molecule has 1 aromatic carbocycles. The fraction of sp³-hybridized carbons (Fsp3) is 0.357. The van der Waals surface area contributed by atoms with Gasteiger partial charge in [-0.1, -0.05) is 29.3 Å². The molecule has 2 rings (SSSR count). The largest absolute Gasteiger partial charge is 0.271 e. The van der Waals surface area contributed by atoms with Crippen molar-refractivity contribution < 1.29 is 4.39 Å². The average molecular weight is 297 g/mol. The molecular weight excluding hydrogens is 279 g/mol. The van der Waals surface area contributed by atoms with Crippen molar-refractivity contribution in [3.8, 4) is 0 Å². The van der Waals surface area contributed by atoms with Crippen LogP contribution < -0.4 is 11.3 Å². The maximum atomic E-state index is 14.1. The lowest BCUT2D eigenvalue weighted by molar-refractivity contribution is 0.467. The zero-order chi connectivity index (χ0) is 14.9. The molecule has 0 radical (unpaired) electrons. The van der Waals surface area contributed by atoms with Crippen molar-refractivity contribution in [1.29, 1.82) is 0 Å². The number of hydrogen-bond donors (Lipinski definition) is 2. The fourth-order valence-corrected chi connectivity index (χ4v) is 2.47. The van der Waals surface area contributed by atoms with Crippen LogP contribution in [0.3, 0.4) is 0 Å². The van der Waals surface area contributed by atoms with Gasteiger partial charge in [-0.15, -0.1) is 0 Å². The number of hydrazine groups is 1. The van der Waals surface area contributed by atoms with E-state index < -0.39 is 6.04 Å². The lowest BCUT2D eigenvalue weighted by Gasteiger charge is -2.21. The fourth-order valence-electron chi connectivity index (χ4n) is 2.23. The standard InChI is InChI=1S/C14H18ClFN4/c1-8(2)20-14(11(15)7-18-20)13(19-17)10-6-9(3)4-5-12(10)16/h4-8,13,19H,17H2,1-3H3. The zero-order valence-corrected chi connectivity index (χ0v) is 12.4. The van der Waals surface area contributed by atoms with Crippen LogP contribution in [0.25, 0.3) is 0 Å². The van der Waals surface area contributed by atoms with Gasteiger partial charge in [0.15, 0.2) is 0 Å². The Morgan fingerprint density at radius 2 is 2.10 bits per heavy atom. The van der Waals surface area contributed by atoms with Gasteiger partial charge in [0.2, 0.25) is 0 Å². The van der Waals surface area contributed by atoms with E-state index in [9.17, 15) is 4.39 Å².